The number of hydrogen-bond donors (Lipinski definition) is 2. The molecule has 1 unspecified atom stereocenters. The van der Waals surface area contributed by atoms with Crippen LogP contribution in [0.15, 0.2) is 28.9 Å². The minimum atomic E-state index is -0.961. The smallest absolute Gasteiger partial charge is 0.273 e. The molecule has 20 heavy (non-hydrogen) atoms. The van der Waals surface area contributed by atoms with Crippen LogP contribution in [0.5, 0.6) is 0 Å². The predicted octanol–water partition coefficient (Wildman–Crippen LogP) is 1.90. The number of nitrogens with zero attached hydrogens (tertiary/aromatic N) is 1. The van der Waals surface area contributed by atoms with Crippen LogP contribution in [0.3, 0.4) is 0 Å². The highest BCUT2D eigenvalue weighted by Crippen LogP contribution is 2.10. The molecule has 0 bridgehead atoms. The number of nitrogens with one attached hydrogen (secondary N) is 1. The van der Waals surface area contributed by atoms with Gasteiger partial charge in [-0.25, -0.2) is 13.8 Å². The van der Waals surface area contributed by atoms with Gasteiger partial charge in [0, 0.05) is 6.54 Å². The van der Waals surface area contributed by atoms with Gasteiger partial charge in [-0.15, -0.1) is 0 Å². The van der Waals surface area contributed by atoms with Crippen molar-refractivity contribution in [2.24, 2.45) is 5.73 Å². The van der Waals surface area contributed by atoms with Crippen LogP contribution in [0.2, 0.25) is 0 Å². The summed E-state index contributed by atoms with van der Waals surface area (Å²) in [6, 6.07) is 2.99. The molecule has 2 rings (SSSR count). The second kappa shape index (κ2) is 5.79. The molecular weight excluding hydrogens is 268 g/mol. The molecule has 0 aliphatic rings. The van der Waals surface area contributed by atoms with Gasteiger partial charge >= 0.3 is 0 Å². The van der Waals surface area contributed by atoms with Crippen molar-refractivity contribution in [2.75, 3.05) is 0 Å². The molecule has 0 aliphatic carbocycles. The molecule has 1 aromatic heterocycles. The highest BCUT2D eigenvalue weighted by molar-refractivity contribution is 5.91. The number of hydrogen-bond acceptors (Lipinski definition) is 4. The van der Waals surface area contributed by atoms with Gasteiger partial charge in [-0.2, -0.15) is 0 Å². The van der Waals surface area contributed by atoms with E-state index in [1.54, 1.807) is 6.92 Å². The molecule has 0 spiro atoms. The van der Waals surface area contributed by atoms with Crippen molar-refractivity contribution in [1.82, 2.24) is 10.3 Å². The zero-order valence-corrected chi connectivity index (χ0v) is 10.7. The Hall–Kier alpha value is -2.28. The average Bonchev–Trinajstić information content (AvgIpc) is 2.89. The van der Waals surface area contributed by atoms with Gasteiger partial charge in [0.05, 0.1) is 6.04 Å². The molecule has 3 N–H and O–H groups in total. The molecule has 1 atom stereocenters. The summed E-state index contributed by atoms with van der Waals surface area (Å²) < 4.78 is 30.8. The maximum Gasteiger partial charge on any atom is 0.273 e. The van der Waals surface area contributed by atoms with Crippen molar-refractivity contribution in [3.8, 4) is 0 Å². The van der Waals surface area contributed by atoms with Gasteiger partial charge in [-0.3, -0.25) is 4.79 Å². The lowest BCUT2D eigenvalue weighted by atomic mass is 10.2. The van der Waals surface area contributed by atoms with Crippen molar-refractivity contribution in [1.29, 1.82) is 0 Å². The Labute approximate surface area is 113 Å². The van der Waals surface area contributed by atoms with Gasteiger partial charge in [0.1, 0.15) is 6.26 Å². The topological polar surface area (TPSA) is 81.1 Å². The number of oxazole rings is 1. The number of halogens is 2. The fraction of sp³-hybridized carbons (Fsp3) is 0.231. The van der Waals surface area contributed by atoms with E-state index < -0.39 is 23.6 Å². The van der Waals surface area contributed by atoms with Crippen molar-refractivity contribution in [3.05, 3.63) is 53.2 Å². The summed E-state index contributed by atoms with van der Waals surface area (Å²) in [5.74, 6) is -2.12. The third kappa shape index (κ3) is 3.18. The van der Waals surface area contributed by atoms with E-state index in [0.717, 1.165) is 12.1 Å². The summed E-state index contributed by atoms with van der Waals surface area (Å²) in [5.41, 5.74) is 6.08. The lowest BCUT2D eigenvalue weighted by Gasteiger charge is -2.03. The maximum atomic E-state index is 13.0. The molecule has 0 fully saturated rings. The molecule has 5 nitrogen and oxygen atoms in total. The van der Waals surface area contributed by atoms with E-state index >= 15 is 0 Å². The third-order valence-corrected chi connectivity index (χ3v) is 2.58. The van der Waals surface area contributed by atoms with Gasteiger partial charge in [0.15, 0.2) is 17.3 Å². The van der Waals surface area contributed by atoms with Crippen molar-refractivity contribution in [3.63, 3.8) is 0 Å². The third-order valence-electron chi connectivity index (χ3n) is 2.58. The highest BCUT2D eigenvalue weighted by Gasteiger charge is 2.14. The molecule has 1 aromatic carbocycles. The van der Waals surface area contributed by atoms with Crippen LogP contribution in [0.25, 0.3) is 0 Å². The Balaban J connectivity index is 1.99. The van der Waals surface area contributed by atoms with Crippen LogP contribution in [-0.4, -0.2) is 10.9 Å². The first-order chi connectivity index (χ1) is 9.47. The van der Waals surface area contributed by atoms with E-state index in [0.29, 0.717) is 5.56 Å². The molecule has 0 radical (unpaired) electrons. The predicted molar refractivity (Wildman–Crippen MR) is 66.6 cm³/mol. The molecule has 7 heteroatoms. The van der Waals surface area contributed by atoms with Crippen LogP contribution < -0.4 is 11.1 Å². The van der Waals surface area contributed by atoms with E-state index in [1.165, 1.54) is 12.3 Å². The number of amides is 1. The van der Waals surface area contributed by atoms with Crippen LogP contribution in [0.1, 0.15) is 34.9 Å². The van der Waals surface area contributed by atoms with Gasteiger partial charge in [-0.05, 0) is 24.6 Å². The summed E-state index contributed by atoms with van der Waals surface area (Å²) >= 11 is 0. The largest absolute Gasteiger partial charge is 0.446 e. The fourth-order valence-corrected chi connectivity index (χ4v) is 1.52. The number of carbonyl (C=O) groups is 1. The Kier molecular flexibility index (Phi) is 4.09. The molecule has 0 saturated carbocycles. The number of rotatable bonds is 4. The molecular formula is C13H13F2N3O2. The maximum absolute atomic E-state index is 13.0. The number of benzene rings is 1. The second-order valence-electron chi connectivity index (χ2n) is 4.29. The van der Waals surface area contributed by atoms with E-state index in [1.807, 2.05) is 0 Å². The first-order valence-electron chi connectivity index (χ1n) is 5.90. The molecule has 0 saturated heterocycles. The lowest BCUT2D eigenvalue weighted by molar-refractivity contribution is 0.0946. The van der Waals surface area contributed by atoms with Gasteiger partial charge in [-0.1, -0.05) is 6.07 Å². The number of carbonyl (C=O) groups excluding carboxylic acids is 1. The summed E-state index contributed by atoms with van der Waals surface area (Å²) in [6.07, 6.45) is 1.19. The molecule has 2 aromatic rings. The molecule has 106 valence electrons. The van der Waals surface area contributed by atoms with Gasteiger partial charge < -0.3 is 15.5 Å². The minimum Gasteiger partial charge on any atom is -0.446 e. The average molecular weight is 281 g/mol. The lowest BCUT2D eigenvalue weighted by Crippen LogP contribution is -2.23. The normalized spacial score (nSPS) is 12.2. The number of nitrogens with two attached hydrogens (primary N) is 1. The summed E-state index contributed by atoms with van der Waals surface area (Å²) in [4.78, 5) is 15.7. The Morgan fingerprint density at radius 1 is 1.45 bits per heavy atom. The molecule has 0 aliphatic heterocycles. The van der Waals surface area contributed by atoms with Gasteiger partial charge in [0.25, 0.3) is 5.91 Å². The molecule has 1 amide bonds. The van der Waals surface area contributed by atoms with Crippen LogP contribution in [0, 0.1) is 11.6 Å². The van der Waals surface area contributed by atoms with E-state index in [9.17, 15) is 13.6 Å². The summed E-state index contributed by atoms with van der Waals surface area (Å²) in [6.45, 7) is 1.73. The minimum absolute atomic E-state index is 0.0520. The first kappa shape index (κ1) is 14.1. The van der Waals surface area contributed by atoms with Gasteiger partial charge in [0.2, 0.25) is 5.89 Å². The van der Waals surface area contributed by atoms with Crippen LogP contribution in [-0.2, 0) is 6.54 Å². The Morgan fingerprint density at radius 2 is 2.20 bits per heavy atom. The zero-order valence-electron chi connectivity index (χ0n) is 10.7. The monoisotopic (exact) mass is 281 g/mol. The van der Waals surface area contributed by atoms with E-state index in [4.69, 9.17) is 10.2 Å². The fourth-order valence-electron chi connectivity index (χ4n) is 1.52. The quantitative estimate of drug-likeness (QED) is 0.896. The Bertz CT molecular complexity index is 626. The standard InChI is InChI=1S/C13H13F2N3O2/c1-7(16)13-18-11(6-20-13)12(19)17-5-8-2-3-9(14)10(15)4-8/h2-4,6-7H,5,16H2,1H3,(H,17,19). The van der Waals surface area contributed by atoms with Crippen molar-refractivity contribution in [2.45, 2.75) is 19.5 Å². The van der Waals surface area contributed by atoms with Crippen molar-refractivity contribution >= 4 is 5.91 Å². The zero-order chi connectivity index (χ0) is 14.7. The van der Waals surface area contributed by atoms with E-state index in [2.05, 4.69) is 10.3 Å². The number of aromatic nitrogens is 1. The first-order valence-corrected chi connectivity index (χ1v) is 5.90. The Morgan fingerprint density at radius 3 is 2.80 bits per heavy atom. The SMILES string of the molecule is CC(N)c1nc(C(=O)NCc2ccc(F)c(F)c2)co1. The summed E-state index contributed by atoms with van der Waals surface area (Å²) in [7, 11) is 0. The van der Waals surface area contributed by atoms with E-state index in [-0.39, 0.29) is 18.1 Å². The molecule has 1 heterocycles. The van der Waals surface area contributed by atoms with Crippen molar-refractivity contribution < 1.29 is 18.0 Å². The van der Waals surface area contributed by atoms with Crippen LogP contribution in [0.4, 0.5) is 8.78 Å². The second-order valence-corrected chi connectivity index (χ2v) is 4.29. The highest BCUT2D eigenvalue weighted by atomic mass is 19.2. The summed E-state index contributed by atoms with van der Waals surface area (Å²) in [5, 5.41) is 2.52. The van der Waals surface area contributed by atoms with Crippen LogP contribution >= 0.6 is 0 Å².